The average molecular weight is 408 g/mol. The largest absolute Gasteiger partial charge is 0.504 e. The highest BCUT2D eigenvalue weighted by molar-refractivity contribution is 5.76. The Morgan fingerprint density at radius 2 is 2.23 bits per heavy atom. The normalized spacial score (nSPS) is 15.2. The fraction of sp³-hybridized carbons (Fsp3) is 0.318. The van der Waals surface area contributed by atoms with Crippen LogP contribution in [0.25, 0.3) is 11.4 Å². The Labute approximate surface area is 174 Å². The molecule has 0 spiro atoms. The van der Waals surface area contributed by atoms with E-state index >= 15 is 0 Å². The molecule has 0 saturated carbocycles. The Balaban J connectivity index is 1.52. The molecule has 1 aliphatic carbocycles. The van der Waals surface area contributed by atoms with Gasteiger partial charge in [-0.3, -0.25) is 4.79 Å². The molecule has 3 aromatic rings. The van der Waals surface area contributed by atoms with Gasteiger partial charge in [0.2, 0.25) is 17.6 Å². The molecule has 1 amide bonds. The molecular formula is C22H24N4O4. The Bertz CT molecular complexity index is 1060. The molecule has 0 bridgehead atoms. The Morgan fingerprint density at radius 3 is 3.00 bits per heavy atom. The van der Waals surface area contributed by atoms with Gasteiger partial charge in [-0.25, -0.2) is 0 Å². The number of aromatic nitrogens is 2. The van der Waals surface area contributed by atoms with Crippen LogP contribution in [0.15, 0.2) is 40.9 Å². The first kappa shape index (κ1) is 19.9. The molecule has 0 unspecified atom stereocenters. The average Bonchev–Trinajstić information content (AvgIpc) is 3.35. The minimum absolute atomic E-state index is 0.0875. The van der Waals surface area contributed by atoms with Gasteiger partial charge >= 0.3 is 0 Å². The van der Waals surface area contributed by atoms with E-state index in [-0.39, 0.29) is 24.2 Å². The second kappa shape index (κ2) is 8.54. The van der Waals surface area contributed by atoms with Crippen molar-refractivity contribution in [2.45, 2.75) is 32.2 Å². The molecule has 0 saturated heterocycles. The van der Waals surface area contributed by atoms with Gasteiger partial charge in [-0.1, -0.05) is 29.4 Å². The van der Waals surface area contributed by atoms with Gasteiger partial charge in [0, 0.05) is 11.6 Å². The first-order valence-corrected chi connectivity index (χ1v) is 9.96. The van der Waals surface area contributed by atoms with Gasteiger partial charge in [0.25, 0.3) is 0 Å². The topological polar surface area (TPSA) is 124 Å². The highest BCUT2D eigenvalue weighted by atomic mass is 16.5. The zero-order valence-corrected chi connectivity index (χ0v) is 16.7. The standard InChI is InChI=1S/C22H24N4O4/c1-2-29-19-9-6-13(10-18(19)27)11-21-25-22(26-30-21)16-5-3-4-15-14(16)7-8-17(15)24-12-20(23)28/h3-6,9-10,17,24,27H,2,7-8,11-12H2,1H3,(H2,23,28)/t17-/m0/s1. The summed E-state index contributed by atoms with van der Waals surface area (Å²) in [5.74, 6) is 1.17. The summed E-state index contributed by atoms with van der Waals surface area (Å²) < 4.78 is 10.8. The van der Waals surface area contributed by atoms with E-state index in [1.807, 2.05) is 31.2 Å². The summed E-state index contributed by atoms with van der Waals surface area (Å²) in [7, 11) is 0. The number of aromatic hydroxyl groups is 1. The maximum absolute atomic E-state index is 11.1. The number of ether oxygens (including phenoxy) is 1. The van der Waals surface area contributed by atoms with Crippen molar-refractivity contribution in [1.82, 2.24) is 15.5 Å². The number of nitrogens with zero attached hydrogens (tertiary/aromatic N) is 2. The Morgan fingerprint density at radius 1 is 1.37 bits per heavy atom. The summed E-state index contributed by atoms with van der Waals surface area (Å²) in [5.41, 5.74) is 9.33. The third kappa shape index (κ3) is 4.13. The lowest BCUT2D eigenvalue weighted by atomic mass is 10.0. The number of nitrogens with two attached hydrogens (primary N) is 1. The number of hydrogen-bond donors (Lipinski definition) is 3. The second-order valence-electron chi connectivity index (χ2n) is 7.24. The van der Waals surface area contributed by atoms with Crippen LogP contribution >= 0.6 is 0 Å². The van der Waals surface area contributed by atoms with Gasteiger partial charge in [-0.15, -0.1) is 0 Å². The first-order chi connectivity index (χ1) is 14.5. The van der Waals surface area contributed by atoms with E-state index in [1.165, 1.54) is 0 Å². The number of fused-ring (bicyclic) bond motifs is 1. The number of benzene rings is 2. The van der Waals surface area contributed by atoms with Crippen LogP contribution in [-0.2, 0) is 17.6 Å². The molecule has 4 N–H and O–H groups in total. The van der Waals surface area contributed by atoms with Crippen LogP contribution in [0, 0.1) is 0 Å². The van der Waals surface area contributed by atoms with Crippen LogP contribution in [0.4, 0.5) is 0 Å². The molecular weight excluding hydrogens is 384 g/mol. The number of carbonyl (C=O) groups is 1. The summed E-state index contributed by atoms with van der Waals surface area (Å²) in [4.78, 5) is 15.6. The second-order valence-corrected chi connectivity index (χ2v) is 7.24. The molecule has 0 fully saturated rings. The van der Waals surface area contributed by atoms with Crippen LogP contribution < -0.4 is 15.8 Å². The third-order valence-electron chi connectivity index (χ3n) is 5.18. The minimum Gasteiger partial charge on any atom is -0.504 e. The van der Waals surface area contributed by atoms with Crippen molar-refractivity contribution < 1.29 is 19.2 Å². The number of carbonyl (C=O) groups excluding carboxylic acids is 1. The molecule has 1 aromatic heterocycles. The Kier molecular flexibility index (Phi) is 5.67. The van der Waals surface area contributed by atoms with Gasteiger partial charge in [0.1, 0.15) is 0 Å². The van der Waals surface area contributed by atoms with E-state index in [0.29, 0.717) is 30.5 Å². The molecule has 2 aromatic carbocycles. The molecule has 0 radical (unpaired) electrons. The summed E-state index contributed by atoms with van der Waals surface area (Å²) in [6.07, 6.45) is 2.15. The summed E-state index contributed by atoms with van der Waals surface area (Å²) in [6.45, 7) is 2.50. The molecule has 156 valence electrons. The lowest BCUT2D eigenvalue weighted by Gasteiger charge is -2.13. The van der Waals surface area contributed by atoms with Gasteiger partial charge in [0.05, 0.1) is 19.6 Å². The van der Waals surface area contributed by atoms with Gasteiger partial charge in [-0.05, 0) is 48.6 Å². The van der Waals surface area contributed by atoms with Gasteiger partial charge in [-0.2, -0.15) is 4.98 Å². The number of amides is 1. The Hall–Kier alpha value is -3.39. The molecule has 8 heteroatoms. The SMILES string of the molecule is CCOc1ccc(Cc2nc(-c3cccc4c3CC[C@@H]4NCC(N)=O)no2)cc1O. The maximum Gasteiger partial charge on any atom is 0.231 e. The smallest absolute Gasteiger partial charge is 0.231 e. The van der Waals surface area contributed by atoms with E-state index in [4.69, 9.17) is 15.0 Å². The first-order valence-electron chi connectivity index (χ1n) is 9.96. The summed E-state index contributed by atoms with van der Waals surface area (Å²) >= 11 is 0. The zero-order valence-electron chi connectivity index (χ0n) is 16.7. The number of rotatable bonds is 8. The fourth-order valence-electron chi connectivity index (χ4n) is 3.86. The lowest BCUT2D eigenvalue weighted by Crippen LogP contribution is -2.30. The van der Waals surface area contributed by atoms with Crippen molar-refractivity contribution >= 4 is 5.91 Å². The van der Waals surface area contributed by atoms with E-state index < -0.39 is 0 Å². The molecule has 1 heterocycles. The van der Waals surface area contributed by atoms with Crippen molar-refractivity contribution in [3.8, 4) is 22.9 Å². The van der Waals surface area contributed by atoms with Crippen LogP contribution in [0.1, 0.15) is 42.0 Å². The van der Waals surface area contributed by atoms with Crippen LogP contribution in [0.2, 0.25) is 0 Å². The zero-order chi connectivity index (χ0) is 21.1. The molecule has 30 heavy (non-hydrogen) atoms. The highest BCUT2D eigenvalue weighted by Crippen LogP contribution is 2.37. The molecule has 1 atom stereocenters. The summed E-state index contributed by atoms with van der Waals surface area (Å²) in [5, 5.41) is 17.4. The lowest BCUT2D eigenvalue weighted by molar-refractivity contribution is -0.117. The fourth-order valence-corrected chi connectivity index (χ4v) is 3.86. The molecule has 0 aliphatic heterocycles. The number of primary amides is 1. The minimum atomic E-state index is -0.372. The van der Waals surface area contributed by atoms with Crippen LogP contribution in [0.5, 0.6) is 11.5 Å². The van der Waals surface area contributed by atoms with Crippen molar-refractivity contribution in [3.63, 3.8) is 0 Å². The van der Waals surface area contributed by atoms with E-state index in [0.717, 1.165) is 35.1 Å². The van der Waals surface area contributed by atoms with E-state index in [2.05, 4.69) is 15.5 Å². The number of phenolic OH excluding ortho intramolecular Hbond substituents is 1. The number of phenols is 1. The molecule has 1 aliphatic rings. The quantitative estimate of drug-likeness (QED) is 0.523. The highest BCUT2D eigenvalue weighted by Gasteiger charge is 2.26. The van der Waals surface area contributed by atoms with Crippen molar-refractivity contribution in [1.29, 1.82) is 0 Å². The van der Waals surface area contributed by atoms with Crippen LogP contribution in [-0.4, -0.2) is 34.3 Å². The number of nitrogens with one attached hydrogen (secondary N) is 1. The van der Waals surface area contributed by atoms with Crippen LogP contribution in [0.3, 0.4) is 0 Å². The van der Waals surface area contributed by atoms with Gasteiger partial charge < -0.3 is 25.4 Å². The van der Waals surface area contributed by atoms with Crippen molar-refractivity contribution in [3.05, 3.63) is 59.0 Å². The third-order valence-corrected chi connectivity index (χ3v) is 5.18. The predicted octanol–water partition coefficient (Wildman–Crippen LogP) is 2.49. The van der Waals surface area contributed by atoms with Gasteiger partial charge in [0.15, 0.2) is 11.5 Å². The van der Waals surface area contributed by atoms with Crippen molar-refractivity contribution in [2.75, 3.05) is 13.2 Å². The van der Waals surface area contributed by atoms with E-state index in [1.54, 1.807) is 12.1 Å². The predicted molar refractivity (Wildman–Crippen MR) is 110 cm³/mol. The number of hydrogen-bond acceptors (Lipinski definition) is 7. The maximum atomic E-state index is 11.1. The van der Waals surface area contributed by atoms with Crippen molar-refractivity contribution in [2.24, 2.45) is 5.73 Å². The molecule has 8 nitrogen and oxygen atoms in total. The summed E-state index contributed by atoms with van der Waals surface area (Å²) in [6, 6.07) is 11.3. The molecule has 4 rings (SSSR count). The van der Waals surface area contributed by atoms with E-state index in [9.17, 15) is 9.90 Å². The monoisotopic (exact) mass is 408 g/mol.